The fraction of sp³-hybridized carbons (Fsp3) is 0.364. The first kappa shape index (κ1) is 12.2. The maximum Gasteiger partial charge on any atom is 0.320 e. The van der Waals surface area contributed by atoms with Crippen molar-refractivity contribution < 1.29 is 4.79 Å². The number of nitrogens with one attached hydrogen (secondary N) is 2. The Bertz CT molecular complexity index is 339. The van der Waals surface area contributed by atoms with Crippen molar-refractivity contribution in [2.75, 3.05) is 5.32 Å². The average molecular weight is 220 g/mol. The molecule has 5 heteroatoms. The number of nitrogens with zero attached hydrogens (tertiary/aromatic N) is 2. The Labute approximate surface area is 95.0 Å². The summed E-state index contributed by atoms with van der Waals surface area (Å²) in [6, 6.07) is 1.49. The molecule has 0 aliphatic heterocycles. The zero-order chi connectivity index (χ0) is 11.8. The lowest BCUT2D eigenvalue weighted by Gasteiger charge is -2.15. The normalized spacial score (nSPS) is 11.6. The molecule has 1 rings (SSSR count). The lowest BCUT2D eigenvalue weighted by Crippen LogP contribution is -2.37. The van der Waals surface area contributed by atoms with Crippen LogP contribution >= 0.6 is 0 Å². The second kappa shape index (κ2) is 6.55. The predicted molar refractivity (Wildman–Crippen MR) is 63.1 cm³/mol. The molecule has 0 spiro atoms. The molecule has 0 radical (unpaired) electrons. The van der Waals surface area contributed by atoms with Gasteiger partial charge in [0.05, 0.1) is 0 Å². The molecule has 0 saturated heterocycles. The highest BCUT2D eigenvalue weighted by molar-refractivity contribution is 5.88. The Balaban J connectivity index is 2.44. The van der Waals surface area contributed by atoms with Gasteiger partial charge in [-0.2, -0.15) is 0 Å². The molecule has 1 aromatic rings. The SMILES string of the molecule is C=CCC(CC)NC(=O)Nc1ccncn1. The van der Waals surface area contributed by atoms with Gasteiger partial charge in [0.1, 0.15) is 12.1 Å². The van der Waals surface area contributed by atoms with Gasteiger partial charge in [0.15, 0.2) is 0 Å². The fourth-order valence-electron chi connectivity index (χ4n) is 1.23. The van der Waals surface area contributed by atoms with Crippen LogP contribution in [0.15, 0.2) is 31.2 Å². The van der Waals surface area contributed by atoms with E-state index in [9.17, 15) is 4.79 Å². The first-order valence-corrected chi connectivity index (χ1v) is 5.20. The Hall–Kier alpha value is -1.91. The molecule has 86 valence electrons. The van der Waals surface area contributed by atoms with Gasteiger partial charge >= 0.3 is 6.03 Å². The molecule has 1 unspecified atom stereocenters. The number of urea groups is 1. The van der Waals surface area contributed by atoms with E-state index in [0.717, 1.165) is 12.8 Å². The van der Waals surface area contributed by atoms with Gasteiger partial charge in [-0.25, -0.2) is 14.8 Å². The van der Waals surface area contributed by atoms with E-state index in [0.29, 0.717) is 5.82 Å². The van der Waals surface area contributed by atoms with E-state index < -0.39 is 0 Å². The molecular formula is C11H16N4O. The highest BCUT2D eigenvalue weighted by Gasteiger charge is 2.08. The number of hydrogen-bond acceptors (Lipinski definition) is 3. The third kappa shape index (κ3) is 4.08. The second-order valence-corrected chi connectivity index (χ2v) is 3.32. The smallest absolute Gasteiger partial charge is 0.320 e. The first-order valence-electron chi connectivity index (χ1n) is 5.20. The Morgan fingerprint density at radius 1 is 1.69 bits per heavy atom. The molecule has 0 aliphatic rings. The zero-order valence-corrected chi connectivity index (χ0v) is 9.31. The van der Waals surface area contributed by atoms with Crippen molar-refractivity contribution in [2.24, 2.45) is 0 Å². The van der Waals surface area contributed by atoms with Crippen molar-refractivity contribution in [3.63, 3.8) is 0 Å². The van der Waals surface area contributed by atoms with Crippen LogP contribution < -0.4 is 10.6 Å². The topological polar surface area (TPSA) is 66.9 Å². The van der Waals surface area contributed by atoms with E-state index in [4.69, 9.17) is 0 Å². The number of amides is 2. The van der Waals surface area contributed by atoms with Gasteiger partial charge in [-0.1, -0.05) is 13.0 Å². The van der Waals surface area contributed by atoms with Crippen LogP contribution in [0.3, 0.4) is 0 Å². The Morgan fingerprint density at radius 2 is 2.50 bits per heavy atom. The molecule has 0 fully saturated rings. The summed E-state index contributed by atoms with van der Waals surface area (Å²) in [6.07, 6.45) is 6.37. The van der Waals surface area contributed by atoms with E-state index in [-0.39, 0.29) is 12.1 Å². The van der Waals surface area contributed by atoms with Crippen molar-refractivity contribution in [1.82, 2.24) is 15.3 Å². The number of carbonyl (C=O) groups excluding carboxylic acids is 1. The standard InChI is InChI=1S/C11H16N4O/c1-3-5-9(4-2)14-11(16)15-10-6-7-12-8-13-10/h3,6-9H,1,4-5H2,2H3,(H2,12,13,14,15,16). The summed E-state index contributed by atoms with van der Waals surface area (Å²) in [6.45, 7) is 5.66. The molecule has 1 atom stereocenters. The minimum absolute atomic E-state index is 0.110. The third-order valence-electron chi connectivity index (χ3n) is 2.10. The number of aromatic nitrogens is 2. The monoisotopic (exact) mass is 220 g/mol. The predicted octanol–water partition coefficient (Wildman–Crippen LogP) is 1.95. The molecule has 2 amide bonds. The minimum Gasteiger partial charge on any atom is -0.335 e. The molecule has 2 N–H and O–H groups in total. The Morgan fingerprint density at radius 3 is 3.06 bits per heavy atom. The van der Waals surface area contributed by atoms with E-state index >= 15 is 0 Å². The lowest BCUT2D eigenvalue weighted by atomic mass is 10.1. The number of rotatable bonds is 5. The molecule has 5 nitrogen and oxygen atoms in total. The summed E-state index contributed by atoms with van der Waals surface area (Å²) < 4.78 is 0. The quantitative estimate of drug-likeness (QED) is 0.745. The molecule has 1 aromatic heterocycles. The summed E-state index contributed by atoms with van der Waals surface area (Å²) in [7, 11) is 0. The van der Waals surface area contributed by atoms with Gasteiger partial charge in [0.2, 0.25) is 0 Å². The summed E-state index contributed by atoms with van der Waals surface area (Å²) in [4.78, 5) is 19.2. The van der Waals surface area contributed by atoms with Crippen molar-refractivity contribution in [3.8, 4) is 0 Å². The van der Waals surface area contributed by atoms with Gasteiger partial charge in [-0.05, 0) is 18.9 Å². The summed E-state index contributed by atoms with van der Waals surface area (Å²) in [5.74, 6) is 0.487. The number of hydrogen-bond donors (Lipinski definition) is 2. The molecular weight excluding hydrogens is 204 g/mol. The maximum absolute atomic E-state index is 11.5. The molecule has 0 bridgehead atoms. The van der Waals surface area contributed by atoms with Crippen molar-refractivity contribution in [1.29, 1.82) is 0 Å². The van der Waals surface area contributed by atoms with Gasteiger partial charge < -0.3 is 5.32 Å². The van der Waals surface area contributed by atoms with Crippen LogP contribution in [0.2, 0.25) is 0 Å². The molecule has 16 heavy (non-hydrogen) atoms. The van der Waals surface area contributed by atoms with Crippen molar-refractivity contribution in [2.45, 2.75) is 25.8 Å². The highest BCUT2D eigenvalue weighted by atomic mass is 16.2. The van der Waals surface area contributed by atoms with E-state index in [1.807, 2.05) is 6.92 Å². The fourth-order valence-corrected chi connectivity index (χ4v) is 1.23. The van der Waals surface area contributed by atoms with Gasteiger partial charge in [0, 0.05) is 12.2 Å². The minimum atomic E-state index is -0.257. The van der Waals surface area contributed by atoms with E-state index in [1.165, 1.54) is 6.33 Å². The van der Waals surface area contributed by atoms with Crippen LogP contribution in [0.4, 0.5) is 10.6 Å². The summed E-state index contributed by atoms with van der Waals surface area (Å²) in [5.41, 5.74) is 0. The largest absolute Gasteiger partial charge is 0.335 e. The lowest BCUT2D eigenvalue weighted by molar-refractivity contribution is 0.248. The van der Waals surface area contributed by atoms with Crippen LogP contribution in [0.1, 0.15) is 19.8 Å². The second-order valence-electron chi connectivity index (χ2n) is 3.32. The molecule has 1 heterocycles. The van der Waals surface area contributed by atoms with Crippen LogP contribution in [0.25, 0.3) is 0 Å². The third-order valence-corrected chi connectivity index (χ3v) is 2.10. The van der Waals surface area contributed by atoms with Gasteiger partial charge in [-0.15, -0.1) is 6.58 Å². The number of carbonyl (C=O) groups is 1. The maximum atomic E-state index is 11.5. The summed E-state index contributed by atoms with van der Waals surface area (Å²) in [5, 5.41) is 5.46. The average Bonchev–Trinajstić information content (AvgIpc) is 2.29. The Kier molecular flexibility index (Phi) is 4.98. The number of anilines is 1. The van der Waals surface area contributed by atoms with Crippen LogP contribution in [0.5, 0.6) is 0 Å². The zero-order valence-electron chi connectivity index (χ0n) is 9.31. The molecule has 0 aromatic carbocycles. The van der Waals surface area contributed by atoms with Gasteiger partial charge in [-0.3, -0.25) is 5.32 Å². The first-order chi connectivity index (χ1) is 7.76. The van der Waals surface area contributed by atoms with Crippen molar-refractivity contribution >= 4 is 11.8 Å². The highest BCUT2D eigenvalue weighted by Crippen LogP contribution is 2.01. The van der Waals surface area contributed by atoms with Gasteiger partial charge in [0.25, 0.3) is 0 Å². The van der Waals surface area contributed by atoms with Crippen LogP contribution in [-0.4, -0.2) is 22.0 Å². The molecule has 0 aliphatic carbocycles. The van der Waals surface area contributed by atoms with Crippen LogP contribution in [0, 0.1) is 0 Å². The van der Waals surface area contributed by atoms with Crippen LogP contribution in [-0.2, 0) is 0 Å². The van der Waals surface area contributed by atoms with E-state index in [2.05, 4.69) is 27.2 Å². The molecule has 0 saturated carbocycles. The van der Waals surface area contributed by atoms with Crippen molar-refractivity contribution in [3.05, 3.63) is 31.2 Å². The summed E-state index contributed by atoms with van der Waals surface area (Å²) >= 11 is 0. The van der Waals surface area contributed by atoms with E-state index in [1.54, 1.807) is 18.3 Å².